The Bertz CT molecular complexity index is 29.4. The Labute approximate surface area is 73.8 Å². The third kappa shape index (κ3) is 7.30. The molecule has 0 amide bonds. The maximum Gasteiger partial charge on any atom is 0.00550 e. The van der Waals surface area contributed by atoms with Gasteiger partial charge in [-0.1, -0.05) is 0 Å². The van der Waals surface area contributed by atoms with E-state index in [1.165, 1.54) is 0 Å². The van der Waals surface area contributed by atoms with Crippen LogP contribution in [0.3, 0.4) is 0 Å². The van der Waals surface area contributed by atoms with Crippen LogP contribution in [0.5, 0.6) is 0 Å². The first-order valence-electron chi connectivity index (χ1n) is 1.98. The molecule has 4 radical (unpaired) electrons. The van der Waals surface area contributed by atoms with Gasteiger partial charge in [0.1, 0.15) is 0 Å². The zero-order valence-corrected chi connectivity index (χ0v) is 7.27. The van der Waals surface area contributed by atoms with E-state index < -0.39 is 0 Å². The molecule has 4 heteroatoms. The van der Waals surface area contributed by atoms with E-state index in [2.05, 4.69) is 13.7 Å². The van der Waals surface area contributed by atoms with Crippen LogP contribution in [0, 0.1) is 13.7 Å². The molecular weight excluding hydrogens is 157 g/mol. The van der Waals surface area contributed by atoms with Gasteiger partial charge in [-0.25, -0.2) is 6.32 Å². The summed E-state index contributed by atoms with van der Waals surface area (Å²) in [4.78, 5) is 0. The molecule has 0 saturated heterocycles. The van der Waals surface area contributed by atoms with Gasteiger partial charge in [0.25, 0.3) is 0 Å². The van der Waals surface area contributed by atoms with Crippen molar-refractivity contribution in [1.29, 1.82) is 0 Å². The maximum absolute atomic E-state index is 5.29. The summed E-state index contributed by atoms with van der Waals surface area (Å²) >= 11 is 0. The Kier molecular flexibility index (Phi) is 11.6. The zero-order valence-electron chi connectivity index (χ0n) is 4.43. The topological polar surface area (TPSA) is 0 Å². The standard InChI is InChI=1S/C3H6B3.Y/c1-3-6(4)5-2;/h1-3H2;/q-2;. The van der Waals surface area contributed by atoms with Gasteiger partial charge in [0.15, 0.2) is 0 Å². The summed E-state index contributed by atoms with van der Waals surface area (Å²) in [7, 11) is 6.98. The summed E-state index contributed by atoms with van der Waals surface area (Å²) in [5, 5.41) is 0. The van der Waals surface area contributed by atoms with Crippen LogP contribution in [0.1, 0.15) is 0 Å². The molecule has 0 rings (SSSR count). The van der Waals surface area contributed by atoms with Crippen molar-refractivity contribution in [2.75, 3.05) is 0 Å². The fourth-order valence-electron chi connectivity index (χ4n) is 0.118. The van der Waals surface area contributed by atoms with Crippen LogP contribution in [-0.2, 0) is 32.7 Å². The average Bonchev–Trinajstić information content (AvgIpc) is 1.65. The number of hydrogen-bond acceptors (Lipinski definition) is 0. The van der Waals surface area contributed by atoms with Crippen molar-refractivity contribution in [1.82, 2.24) is 0 Å². The molecule has 32 valence electrons. The first kappa shape index (κ1) is 11.1. The summed E-state index contributed by atoms with van der Waals surface area (Å²) in [6.45, 7) is 7.11. The molecular formula is C3H6B3Y-2. The van der Waals surface area contributed by atoms with Crippen molar-refractivity contribution in [3.63, 3.8) is 0 Å². The molecule has 0 atom stereocenters. The quantitative estimate of drug-likeness (QED) is 0.396. The molecule has 0 aromatic heterocycles. The fourth-order valence-corrected chi connectivity index (χ4v) is 0.118. The van der Waals surface area contributed by atoms with Crippen LogP contribution in [-0.4, -0.2) is 21.4 Å². The minimum atomic E-state index is 0. The van der Waals surface area contributed by atoms with Crippen LogP contribution in [0.25, 0.3) is 0 Å². The van der Waals surface area contributed by atoms with E-state index in [1.807, 2.05) is 0 Å². The third-order valence-electron chi connectivity index (χ3n) is 0.636. The molecule has 0 nitrogen and oxygen atoms in total. The molecule has 0 heterocycles. The minimum Gasteiger partial charge on any atom is -0.380 e. The van der Waals surface area contributed by atoms with Crippen LogP contribution < -0.4 is 0 Å². The van der Waals surface area contributed by atoms with Gasteiger partial charge in [-0.2, -0.15) is 0 Å². The van der Waals surface area contributed by atoms with Crippen molar-refractivity contribution < 1.29 is 32.7 Å². The van der Waals surface area contributed by atoms with E-state index >= 15 is 0 Å². The summed E-state index contributed by atoms with van der Waals surface area (Å²) in [5.41, 5.74) is 0. The van der Waals surface area contributed by atoms with Gasteiger partial charge >= 0.3 is 0 Å². The third-order valence-corrected chi connectivity index (χ3v) is 0.636. The molecule has 0 N–H and O–H groups in total. The molecule has 0 aromatic rings. The van der Waals surface area contributed by atoms with E-state index in [-0.39, 0.29) is 39.2 Å². The first-order chi connectivity index (χ1) is 2.81. The largest absolute Gasteiger partial charge is 0.380 e. The van der Waals surface area contributed by atoms with Crippen LogP contribution in [0.2, 0.25) is 6.32 Å². The fraction of sp³-hybridized carbons (Fsp3) is 0.333. The molecule has 0 bridgehead atoms. The Morgan fingerprint density at radius 3 is 2.14 bits per heavy atom. The van der Waals surface area contributed by atoms with Crippen molar-refractivity contribution in [3.05, 3.63) is 13.7 Å². The Balaban J connectivity index is 0. The molecule has 0 spiro atoms. The van der Waals surface area contributed by atoms with Crippen LogP contribution in [0.15, 0.2) is 0 Å². The molecule has 0 aliphatic rings. The van der Waals surface area contributed by atoms with E-state index in [9.17, 15) is 0 Å². The smallest absolute Gasteiger partial charge is 0.00550 e. The summed E-state index contributed by atoms with van der Waals surface area (Å²) in [6, 6.07) is 0. The van der Waals surface area contributed by atoms with E-state index in [1.54, 1.807) is 7.17 Å². The van der Waals surface area contributed by atoms with Gasteiger partial charge in [-0.05, 0) is 6.49 Å². The van der Waals surface area contributed by atoms with Gasteiger partial charge in [-0.15, -0.1) is 7.17 Å². The molecule has 0 aliphatic carbocycles. The van der Waals surface area contributed by atoms with Crippen molar-refractivity contribution in [2.24, 2.45) is 0 Å². The monoisotopic (exact) mass is 164 g/mol. The predicted molar refractivity (Wildman–Crippen MR) is 32.8 cm³/mol. The second-order valence-electron chi connectivity index (χ2n) is 1.19. The van der Waals surface area contributed by atoms with Crippen LogP contribution >= 0.6 is 0 Å². The van der Waals surface area contributed by atoms with Crippen LogP contribution in [0.4, 0.5) is 0 Å². The van der Waals surface area contributed by atoms with E-state index in [0.29, 0.717) is 0 Å². The summed E-state index contributed by atoms with van der Waals surface area (Å²) < 4.78 is 0. The average molecular weight is 163 g/mol. The molecule has 0 aromatic carbocycles. The SMILES string of the molecule is [B]B([B][CH2-])C[CH2-].[Y]. The number of rotatable bonds is 2. The van der Waals surface area contributed by atoms with Crippen molar-refractivity contribution >= 4 is 21.4 Å². The first-order valence-corrected chi connectivity index (χ1v) is 1.98. The number of hydrogen-bond donors (Lipinski definition) is 0. The summed E-state index contributed by atoms with van der Waals surface area (Å²) in [5.74, 6) is 0. The molecule has 0 fully saturated rings. The second kappa shape index (κ2) is 7.30. The zero-order chi connectivity index (χ0) is 4.99. The Hall–Kier alpha value is 1.30. The molecule has 0 saturated carbocycles. The molecule has 7 heavy (non-hydrogen) atoms. The van der Waals surface area contributed by atoms with Gasteiger partial charge in [-0.3, -0.25) is 0 Å². The summed E-state index contributed by atoms with van der Waals surface area (Å²) in [6.07, 6.45) is 0.740. The second-order valence-corrected chi connectivity index (χ2v) is 1.19. The van der Waals surface area contributed by atoms with Crippen molar-refractivity contribution in [3.8, 4) is 0 Å². The van der Waals surface area contributed by atoms with Crippen molar-refractivity contribution in [2.45, 2.75) is 6.32 Å². The minimum absolute atomic E-state index is 0. The van der Waals surface area contributed by atoms with E-state index in [4.69, 9.17) is 7.74 Å². The Morgan fingerprint density at radius 2 is 2.14 bits per heavy atom. The van der Waals surface area contributed by atoms with Gasteiger partial charge in [0, 0.05) is 40.4 Å². The van der Waals surface area contributed by atoms with Gasteiger partial charge in [0.2, 0.25) is 0 Å². The van der Waals surface area contributed by atoms with E-state index in [0.717, 1.165) is 6.32 Å². The normalized spacial score (nSPS) is 6.57. The predicted octanol–water partition coefficient (Wildman–Crippen LogP) is -0.0295. The molecule has 0 aliphatic heterocycles. The molecule has 0 unspecified atom stereocenters. The maximum atomic E-state index is 5.29. The Morgan fingerprint density at radius 1 is 1.71 bits per heavy atom. The van der Waals surface area contributed by atoms with Gasteiger partial charge < -0.3 is 13.7 Å². The van der Waals surface area contributed by atoms with Gasteiger partial charge in [0.05, 0.1) is 0 Å².